The Bertz CT molecular complexity index is 382. The predicted molar refractivity (Wildman–Crippen MR) is 58.7 cm³/mol. The molecule has 1 atom stereocenters. The molecule has 1 saturated carbocycles. The zero-order chi connectivity index (χ0) is 9.76. The van der Waals surface area contributed by atoms with E-state index in [0.29, 0.717) is 11.5 Å². The molecular weight excluding hydrogens is 194 g/mol. The Morgan fingerprint density at radius 2 is 2.14 bits per heavy atom. The normalized spacial score (nSPS) is 27.4. The van der Waals surface area contributed by atoms with Crippen molar-refractivity contribution < 1.29 is 0 Å². The van der Waals surface area contributed by atoms with E-state index in [1.165, 1.54) is 24.0 Å². The second-order valence-corrected chi connectivity index (χ2v) is 4.97. The van der Waals surface area contributed by atoms with Crippen LogP contribution >= 0.6 is 11.6 Å². The van der Waals surface area contributed by atoms with Crippen molar-refractivity contribution in [2.45, 2.75) is 37.1 Å². The van der Waals surface area contributed by atoms with Gasteiger partial charge in [0.2, 0.25) is 0 Å². The molecule has 1 nitrogen and oxygen atoms in total. The second kappa shape index (κ2) is 2.74. The van der Waals surface area contributed by atoms with Crippen molar-refractivity contribution in [3.63, 3.8) is 0 Å². The van der Waals surface area contributed by atoms with Crippen LogP contribution in [-0.4, -0.2) is 6.04 Å². The maximum absolute atomic E-state index is 6.20. The zero-order valence-electron chi connectivity index (χ0n) is 8.09. The first-order valence-electron chi connectivity index (χ1n) is 5.27. The van der Waals surface area contributed by atoms with E-state index in [0.717, 1.165) is 17.9 Å². The lowest BCUT2D eigenvalue weighted by molar-refractivity contribution is 0.454. The summed E-state index contributed by atoms with van der Waals surface area (Å²) in [5, 5.41) is 0.931. The van der Waals surface area contributed by atoms with Crippen LogP contribution < -0.4 is 5.73 Å². The minimum Gasteiger partial charge on any atom is -0.327 e. The van der Waals surface area contributed by atoms with Crippen molar-refractivity contribution in [2.75, 3.05) is 0 Å². The van der Waals surface area contributed by atoms with Crippen molar-refractivity contribution in [3.8, 4) is 0 Å². The van der Waals surface area contributed by atoms with Gasteiger partial charge in [-0.05, 0) is 42.9 Å². The fourth-order valence-corrected chi connectivity index (χ4v) is 3.10. The van der Waals surface area contributed by atoms with Crippen LogP contribution in [0.25, 0.3) is 0 Å². The Morgan fingerprint density at radius 3 is 2.86 bits per heavy atom. The summed E-state index contributed by atoms with van der Waals surface area (Å²) in [5.74, 6) is 0. The molecule has 1 aromatic rings. The highest BCUT2D eigenvalue weighted by Crippen LogP contribution is 2.55. The number of nitrogens with two attached hydrogens (primary N) is 1. The zero-order valence-corrected chi connectivity index (χ0v) is 8.85. The summed E-state index contributed by atoms with van der Waals surface area (Å²) in [6, 6.07) is 6.62. The Kier molecular flexibility index (Phi) is 1.71. The average molecular weight is 208 g/mol. The van der Waals surface area contributed by atoms with Crippen LogP contribution in [0.5, 0.6) is 0 Å². The lowest BCUT2D eigenvalue weighted by Gasteiger charge is -2.31. The first-order chi connectivity index (χ1) is 6.74. The summed E-state index contributed by atoms with van der Waals surface area (Å²) in [4.78, 5) is 0. The summed E-state index contributed by atoms with van der Waals surface area (Å²) in [5.41, 5.74) is 9.29. The van der Waals surface area contributed by atoms with Gasteiger partial charge in [0.1, 0.15) is 0 Å². The van der Waals surface area contributed by atoms with Gasteiger partial charge in [-0.25, -0.2) is 0 Å². The number of fused-ring (bicyclic) bond motifs is 2. The Morgan fingerprint density at radius 1 is 1.36 bits per heavy atom. The van der Waals surface area contributed by atoms with Gasteiger partial charge in [-0.3, -0.25) is 0 Å². The lowest BCUT2D eigenvalue weighted by Crippen LogP contribution is -2.39. The van der Waals surface area contributed by atoms with E-state index in [9.17, 15) is 0 Å². The Labute approximate surface area is 89.3 Å². The minimum absolute atomic E-state index is 0.304. The predicted octanol–water partition coefficient (Wildman–Crippen LogP) is 2.65. The summed E-state index contributed by atoms with van der Waals surface area (Å²) < 4.78 is 0. The number of rotatable bonds is 0. The molecule has 2 aliphatic rings. The van der Waals surface area contributed by atoms with Gasteiger partial charge in [0.15, 0.2) is 0 Å². The molecule has 0 saturated heterocycles. The molecule has 1 spiro atoms. The maximum Gasteiger partial charge on any atom is 0.0440 e. The average Bonchev–Trinajstić information content (AvgIpc) is 2.94. The van der Waals surface area contributed by atoms with Crippen LogP contribution in [0.15, 0.2) is 18.2 Å². The van der Waals surface area contributed by atoms with E-state index in [4.69, 9.17) is 17.3 Å². The molecule has 14 heavy (non-hydrogen) atoms. The number of benzene rings is 1. The van der Waals surface area contributed by atoms with E-state index >= 15 is 0 Å². The molecule has 74 valence electrons. The molecule has 0 bridgehead atoms. The molecular formula is C12H14ClN. The summed E-state index contributed by atoms with van der Waals surface area (Å²) >= 11 is 6.20. The first kappa shape index (κ1) is 8.75. The fourth-order valence-electron chi connectivity index (χ4n) is 2.83. The van der Waals surface area contributed by atoms with Gasteiger partial charge >= 0.3 is 0 Å². The van der Waals surface area contributed by atoms with Crippen LogP contribution in [0.3, 0.4) is 0 Å². The van der Waals surface area contributed by atoms with Gasteiger partial charge < -0.3 is 5.73 Å². The van der Waals surface area contributed by atoms with Crippen LogP contribution in [0, 0.1) is 0 Å². The molecule has 2 N–H and O–H groups in total. The molecule has 2 heteroatoms. The third-order valence-electron chi connectivity index (χ3n) is 3.86. The van der Waals surface area contributed by atoms with Crippen molar-refractivity contribution in [3.05, 3.63) is 34.3 Å². The van der Waals surface area contributed by atoms with Crippen molar-refractivity contribution in [2.24, 2.45) is 5.73 Å². The number of hydrogen-bond donors (Lipinski definition) is 1. The molecule has 0 aromatic heterocycles. The van der Waals surface area contributed by atoms with Crippen LogP contribution in [0.2, 0.25) is 5.02 Å². The number of halogens is 1. The van der Waals surface area contributed by atoms with Gasteiger partial charge in [-0.15, -0.1) is 0 Å². The molecule has 0 heterocycles. The quantitative estimate of drug-likeness (QED) is 0.696. The topological polar surface area (TPSA) is 26.0 Å². The standard InChI is InChI=1S/C12H14ClN/c13-10-3-1-2-9-8(10)4-5-11(14)12(9)6-7-12/h1-3,11H,4-7,14H2. The van der Waals surface area contributed by atoms with Gasteiger partial charge in [0.05, 0.1) is 0 Å². The van der Waals surface area contributed by atoms with E-state index in [1.54, 1.807) is 0 Å². The second-order valence-electron chi connectivity index (χ2n) is 4.57. The van der Waals surface area contributed by atoms with Crippen LogP contribution in [-0.2, 0) is 11.8 Å². The highest BCUT2D eigenvalue weighted by atomic mass is 35.5. The monoisotopic (exact) mass is 207 g/mol. The molecule has 2 aliphatic carbocycles. The van der Waals surface area contributed by atoms with E-state index in [1.807, 2.05) is 6.07 Å². The van der Waals surface area contributed by atoms with Gasteiger partial charge in [0.25, 0.3) is 0 Å². The third-order valence-corrected chi connectivity index (χ3v) is 4.21. The summed E-state index contributed by atoms with van der Waals surface area (Å²) in [7, 11) is 0. The van der Waals surface area contributed by atoms with Crippen molar-refractivity contribution in [1.82, 2.24) is 0 Å². The molecule has 1 fully saturated rings. The Hall–Kier alpha value is -0.530. The molecule has 0 amide bonds. The van der Waals surface area contributed by atoms with Crippen molar-refractivity contribution >= 4 is 11.6 Å². The lowest BCUT2D eigenvalue weighted by atomic mass is 9.77. The molecule has 0 aliphatic heterocycles. The van der Waals surface area contributed by atoms with Crippen LogP contribution in [0.1, 0.15) is 30.4 Å². The van der Waals surface area contributed by atoms with E-state index in [-0.39, 0.29) is 0 Å². The minimum atomic E-state index is 0.304. The molecule has 3 rings (SSSR count). The van der Waals surface area contributed by atoms with Gasteiger partial charge in [-0.2, -0.15) is 0 Å². The Balaban J connectivity index is 2.18. The SMILES string of the molecule is NC1CCc2c(Cl)cccc2C12CC2. The highest BCUT2D eigenvalue weighted by Gasteiger charge is 2.52. The summed E-state index contributed by atoms with van der Waals surface area (Å²) in [6.45, 7) is 0. The van der Waals surface area contributed by atoms with E-state index in [2.05, 4.69) is 12.1 Å². The highest BCUT2D eigenvalue weighted by molar-refractivity contribution is 6.31. The number of hydrogen-bond acceptors (Lipinski definition) is 1. The smallest absolute Gasteiger partial charge is 0.0440 e. The van der Waals surface area contributed by atoms with Gasteiger partial charge in [0, 0.05) is 16.5 Å². The van der Waals surface area contributed by atoms with Crippen molar-refractivity contribution in [1.29, 1.82) is 0 Å². The first-order valence-corrected chi connectivity index (χ1v) is 5.65. The van der Waals surface area contributed by atoms with Gasteiger partial charge in [-0.1, -0.05) is 23.7 Å². The molecule has 1 unspecified atom stereocenters. The largest absolute Gasteiger partial charge is 0.327 e. The fraction of sp³-hybridized carbons (Fsp3) is 0.500. The molecule has 0 radical (unpaired) electrons. The van der Waals surface area contributed by atoms with E-state index < -0.39 is 0 Å². The maximum atomic E-state index is 6.20. The van der Waals surface area contributed by atoms with Crippen LogP contribution in [0.4, 0.5) is 0 Å². The molecule has 1 aromatic carbocycles. The summed E-state index contributed by atoms with van der Waals surface area (Å²) in [6.07, 6.45) is 4.65. The third kappa shape index (κ3) is 0.999.